The van der Waals surface area contributed by atoms with E-state index in [4.69, 9.17) is 9.47 Å². The fourth-order valence-corrected chi connectivity index (χ4v) is 3.47. The molecule has 3 rings (SSSR count). The van der Waals surface area contributed by atoms with Crippen LogP contribution in [0.15, 0.2) is 66.7 Å². The summed E-state index contributed by atoms with van der Waals surface area (Å²) >= 11 is 3.23. The van der Waals surface area contributed by atoms with Crippen molar-refractivity contribution in [2.75, 3.05) is 24.0 Å². The van der Waals surface area contributed by atoms with Gasteiger partial charge in [-0.25, -0.2) is 4.39 Å². The number of methoxy groups -OCH3 is 1. The molecule has 0 radical (unpaired) electrons. The van der Waals surface area contributed by atoms with Crippen LogP contribution < -0.4 is 25.0 Å². The standard InChI is InChI=1S/C26H27BrFN3O4/c1-17(27)26(33)30-16-29-23-11-10-22(34-3)13-19(23)15-31(18(2)32)24-14-20(28)9-12-25(24)35-21-7-5-4-6-8-21/h4-14,17,29H,15-16H2,1-3H3,(H,30,33). The van der Waals surface area contributed by atoms with E-state index in [1.54, 1.807) is 44.4 Å². The van der Waals surface area contributed by atoms with Crippen molar-refractivity contribution in [3.63, 3.8) is 0 Å². The van der Waals surface area contributed by atoms with E-state index < -0.39 is 5.82 Å². The molecule has 0 heterocycles. The average Bonchev–Trinajstić information content (AvgIpc) is 2.84. The first-order valence-electron chi connectivity index (χ1n) is 10.9. The van der Waals surface area contributed by atoms with Gasteiger partial charge in [-0.1, -0.05) is 34.1 Å². The molecule has 1 unspecified atom stereocenters. The lowest BCUT2D eigenvalue weighted by atomic mass is 10.1. The predicted molar refractivity (Wildman–Crippen MR) is 138 cm³/mol. The normalized spacial score (nSPS) is 11.3. The number of para-hydroxylation sites is 1. The van der Waals surface area contributed by atoms with Gasteiger partial charge in [0.2, 0.25) is 11.8 Å². The molecule has 184 valence electrons. The number of carbonyl (C=O) groups is 2. The van der Waals surface area contributed by atoms with Crippen molar-refractivity contribution in [3.05, 3.63) is 78.1 Å². The Labute approximate surface area is 212 Å². The molecule has 3 aromatic carbocycles. The smallest absolute Gasteiger partial charge is 0.234 e. The molecule has 0 saturated carbocycles. The first-order valence-corrected chi connectivity index (χ1v) is 11.8. The van der Waals surface area contributed by atoms with E-state index in [1.807, 2.05) is 18.2 Å². The predicted octanol–water partition coefficient (Wildman–Crippen LogP) is 5.45. The molecule has 2 amide bonds. The first-order chi connectivity index (χ1) is 16.8. The number of anilines is 2. The minimum Gasteiger partial charge on any atom is -0.497 e. The summed E-state index contributed by atoms with van der Waals surface area (Å²) < 4.78 is 25.6. The molecule has 7 nitrogen and oxygen atoms in total. The van der Waals surface area contributed by atoms with Gasteiger partial charge in [0.15, 0.2) is 5.75 Å². The average molecular weight is 544 g/mol. The summed E-state index contributed by atoms with van der Waals surface area (Å²) in [6.45, 7) is 3.41. The van der Waals surface area contributed by atoms with Crippen molar-refractivity contribution < 1.29 is 23.5 Å². The number of alkyl halides is 1. The van der Waals surface area contributed by atoms with Crippen LogP contribution in [-0.4, -0.2) is 30.4 Å². The van der Waals surface area contributed by atoms with E-state index >= 15 is 0 Å². The number of carbonyl (C=O) groups excluding carboxylic acids is 2. The summed E-state index contributed by atoms with van der Waals surface area (Å²) in [5.74, 6) is 0.520. The number of halogens is 2. The summed E-state index contributed by atoms with van der Waals surface area (Å²) in [6, 6.07) is 18.5. The minimum atomic E-state index is -0.498. The maximum atomic E-state index is 14.3. The van der Waals surface area contributed by atoms with E-state index in [1.165, 1.54) is 30.0 Å². The number of ether oxygens (including phenoxy) is 2. The van der Waals surface area contributed by atoms with Gasteiger partial charge in [-0.15, -0.1) is 0 Å². The van der Waals surface area contributed by atoms with Crippen LogP contribution in [0.3, 0.4) is 0 Å². The Bertz CT molecular complexity index is 1170. The Morgan fingerprint density at radius 2 is 1.80 bits per heavy atom. The lowest BCUT2D eigenvalue weighted by Gasteiger charge is -2.25. The van der Waals surface area contributed by atoms with Crippen molar-refractivity contribution in [3.8, 4) is 17.2 Å². The molecule has 9 heteroatoms. The molecule has 0 aromatic heterocycles. The summed E-state index contributed by atoms with van der Waals surface area (Å²) in [5.41, 5.74) is 1.67. The van der Waals surface area contributed by atoms with Crippen molar-refractivity contribution in [1.82, 2.24) is 5.32 Å². The van der Waals surface area contributed by atoms with Crippen molar-refractivity contribution in [2.24, 2.45) is 0 Å². The molecule has 35 heavy (non-hydrogen) atoms. The van der Waals surface area contributed by atoms with Gasteiger partial charge in [0.1, 0.15) is 17.3 Å². The molecule has 0 spiro atoms. The van der Waals surface area contributed by atoms with Crippen LogP contribution in [0, 0.1) is 5.82 Å². The number of rotatable bonds is 10. The number of amides is 2. The Morgan fingerprint density at radius 3 is 2.46 bits per heavy atom. The molecule has 0 aliphatic carbocycles. The maximum absolute atomic E-state index is 14.3. The largest absolute Gasteiger partial charge is 0.497 e. The zero-order valence-electron chi connectivity index (χ0n) is 19.7. The van der Waals surface area contributed by atoms with Crippen molar-refractivity contribution in [1.29, 1.82) is 0 Å². The molecule has 3 aromatic rings. The maximum Gasteiger partial charge on any atom is 0.234 e. The Morgan fingerprint density at radius 1 is 1.06 bits per heavy atom. The molecule has 0 saturated heterocycles. The van der Waals surface area contributed by atoms with E-state index in [9.17, 15) is 14.0 Å². The second-order valence-corrected chi connectivity index (χ2v) is 9.04. The zero-order valence-corrected chi connectivity index (χ0v) is 21.3. The molecular weight excluding hydrogens is 517 g/mol. The second-order valence-electron chi connectivity index (χ2n) is 7.67. The summed E-state index contributed by atoms with van der Waals surface area (Å²) in [5, 5.41) is 5.92. The van der Waals surface area contributed by atoms with Crippen LogP contribution in [0.2, 0.25) is 0 Å². The summed E-state index contributed by atoms with van der Waals surface area (Å²) in [4.78, 5) is 25.7. The van der Waals surface area contributed by atoms with Gasteiger partial charge < -0.3 is 25.0 Å². The Kier molecular flexibility index (Phi) is 9.08. The highest BCUT2D eigenvalue weighted by atomic mass is 79.9. The van der Waals surface area contributed by atoms with Crippen LogP contribution >= 0.6 is 15.9 Å². The lowest BCUT2D eigenvalue weighted by molar-refractivity contribution is -0.120. The molecule has 1 atom stereocenters. The van der Waals surface area contributed by atoms with Crippen LogP contribution in [0.1, 0.15) is 19.4 Å². The second kappa shape index (κ2) is 12.2. The van der Waals surface area contributed by atoms with Gasteiger partial charge >= 0.3 is 0 Å². The minimum absolute atomic E-state index is 0.103. The van der Waals surface area contributed by atoms with E-state index in [0.29, 0.717) is 28.5 Å². The molecule has 2 N–H and O–H groups in total. The number of benzene rings is 3. The Hall–Kier alpha value is -3.59. The first kappa shape index (κ1) is 26.0. The van der Waals surface area contributed by atoms with Crippen molar-refractivity contribution in [2.45, 2.75) is 25.2 Å². The highest BCUT2D eigenvalue weighted by Gasteiger charge is 2.20. The highest BCUT2D eigenvalue weighted by molar-refractivity contribution is 9.10. The van der Waals surface area contributed by atoms with Gasteiger partial charge in [-0.2, -0.15) is 0 Å². The fourth-order valence-electron chi connectivity index (χ4n) is 3.31. The number of nitrogens with one attached hydrogen (secondary N) is 2. The highest BCUT2D eigenvalue weighted by Crippen LogP contribution is 2.35. The van der Waals surface area contributed by atoms with E-state index in [-0.39, 0.29) is 35.5 Å². The van der Waals surface area contributed by atoms with Crippen LogP contribution in [0.4, 0.5) is 15.8 Å². The van der Waals surface area contributed by atoms with Crippen molar-refractivity contribution >= 4 is 39.1 Å². The van der Waals surface area contributed by atoms with Gasteiger partial charge in [0.25, 0.3) is 0 Å². The van der Waals surface area contributed by atoms with Gasteiger partial charge in [-0.05, 0) is 55.0 Å². The van der Waals surface area contributed by atoms with Gasteiger partial charge in [-0.3, -0.25) is 9.59 Å². The number of hydrogen-bond acceptors (Lipinski definition) is 5. The SMILES string of the molecule is COc1ccc(NCNC(=O)C(C)Br)c(CN(C(C)=O)c2cc(F)ccc2Oc2ccccc2)c1. The molecule has 0 aliphatic heterocycles. The number of hydrogen-bond donors (Lipinski definition) is 2. The molecular formula is C26H27BrFN3O4. The Balaban J connectivity index is 1.93. The summed E-state index contributed by atoms with van der Waals surface area (Å²) in [6.07, 6.45) is 0. The van der Waals surface area contributed by atoms with Crippen LogP contribution in [0.25, 0.3) is 0 Å². The third kappa shape index (κ3) is 7.19. The van der Waals surface area contributed by atoms with E-state index in [2.05, 4.69) is 26.6 Å². The van der Waals surface area contributed by atoms with Crippen LogP contribution in [0.5, 0.6) is 17.2 Å². The molecule has 0 bridgehead atoms. The lowest BCUT2D eigenvalue weighted by Crippen LogP contribution is -2.34. The third-order valence-electron chi connectivity index (χ3n) is 5.11. The zero-order chi connectivity index (χ0) is 25.4. The molecule has 0 aliphatic rings. The van der Waals surface area contributed by atoms with E-state index in [0.717, 1.165) is 0 Å². The molecule has 0 fully saturated rings. The van der Waals surface area contributed by atoms with Gasteiger partial charge in [0.05, 0.1) is 30.8 Å². The van der Waals surface area contributed by atoms with Gasteiger partial charge in [0, 0.05) is 18.7 Å². The quantitative estimate of drug-likeness (QED) is 0.262. The topological polar surface area (TPSA) is 79.9 Å². The fraction of sp³-hybridized carbons (Fsp3) is 0.231. The summed E-state index contributed by atoms with van der Waals surface area (Å²) in [7, 11) is 1.55. The third-order valence-corrected chi connectivity index (χ3v) is 5.52. The number of nitrogens with zero attached hydrogens (tertiary/aromatic N) is 1. The monoisotopic (exact) mass is 543 g/mol. The van der Waals surface area contributed by atoms with Crippen LogP contribution in [-0.2, 0) is 16.1 Å².